The number of halogens is 3. The molecule has 9 heteroatoms. The number of alkyl halides is 3. The molecule has 1 N–H and O–H groups in total. The van der Waals surface area contributed by atoms with E-state index in [0.717, 1.165) is 36.7 Å². The number of hydrogen-bond donors (Lipinski definition) is 1. The van der Waals surface area contributed by atoms with Crippen molar-refractivity contribution in [2.45, 2.75) is 12.2 Å². The minimum atomic E-state index is -4.50. The van der Waals surface area contributed by atoms with E-state index in [2.05, 4.69) is 20.2 Å². The molecule has 1 unspecified atom stereocenters. The Balaban J connectivity index is 1.77. The lowest BCUT2D eigenvalue weighted by Crippen LogP contribution is -2.41. The van der Waals surface area contributed by atoms with Crippen molar-refractivity contribution in [1.82, 2.24) is 14.9 Å². The molecule has 2 heterocycles. The maximum absolute atomic E-state index is 12.8. The van der Waals surface area contributed by atoms with Crippen molar-refractivity contribution in [3.8, 4) is 5.75 Å². The largest absolute Gasteiger partial charge is 0.497 e. The number of benzene rings is 1. The van der Waals surface area contributed by atoms with Gasteiger partial charge in [0, 0.05) is 25.8 Å². The zero-order chi connectivity index (χ0) is 19.3. The molecule has 146 valence electrons. The molecule has 0 saturated carbocycles. The Bertz CT molecular complexity index is 734. The third-order valence-electron chi connectivity index (χ3n) is 4.39. The van der Waals surface area contributed by atoms with E-state index in [0.29, 0.717) is 19.8 Å². The molecule has 27 heavy (non-hydrogen) atoms. The van der Waals surface area contributed by atoms with Crippen molar-refractivity contribution in [2.75, 3.05) is 45.3 Å². The minimum Gasteiger partial charge on any atom is -0.497 e. The first-order chi connectivity index (χ1) is 13.0. The predicted molar refractivity (Wildman–Crippen MR) is 93.7 cm³/mol. The summed E-state index contributed by atoms with van der Waals surface area (Å²) in [7, 11) is 1.60. The summed E-state index contributed by atoms with van der Waals surface area (Å²) in [6.45, 7) is 3.08. The van der Waals surface area contributed by atoms with Gasteiger partial charge in [0.2, 0.25) is 5.95 Å². The van der Waals surface area contributed by atoms with Crippen LogP contribution in [0.15, 0.2) is 36.5 Å². The lowest BCUT2D eigenvalue weighted by atomic mass is 10.0. The van der Waals surface area contributed by atoms with Gasteiger partial charge in [0.1, 0.15) is 11.4 Å². The fourth-order valence-corrected chi connectivity index (χ4v) is 2.96. The molecule has 1 aromatic carbocycles. The first kappa shape index (κ1) is 19.4. The molecular weight excluding hydrogens is 361 g/mol. The van der Waals surface area contributed by atoms with Gasteiger partial charge in [0.25, 0.3) is 0 Å². The fraction of sp³-hybridized carbons (Fsp3) is 0.444. The number of morpholine rings is 1. The van der Waals surface area contributed by atoms with Crippen LogP contribution < -0.4 is 10.1 Å². The molecule has 3 rings (SSSR count). The quantitative estimate of drug-likeness (QED) is 0.829. The first-order valence-electron chi connectivity index (χ1n) is 8.57. The SMILES string of the molecule is COc1ccc(C(CNc2nccc(C(F)(F)F)n2)N2CCOCC2)cc1. The molecule has 0 aliphatic carbocycles. The average molecular weight is 382 g/mol. The lowest BCUT2D eigenvalue weighted by Gasteiger charge is -2.35. The van der Waals surface area contributed by atoms with E-state index in [1.807, 2.05) is 24.3 Å². The molecule has 1 fully saturated rings. The molecule has 2 aromatic rings. The van der Waals surface area contributed by atoms with Crippen LogP contribution in [0.3, 0.4) is 0 Å². The molecule has 6 nitrogen and oxygen atoms in total. The van der Waals surface area contributed by atoms with Gasteiger partial charge in [-0.05, 0) is 23.8 Å². The molecule has 0 spiro atoms. The fourth-order valence-electron chi connectivity index (χ4n) is 2.96. The summed E-state index contributed by atoms with van der Waals surface area (Å²) < 4.78 is 49.1. The Morgan fingerprint density at radius 2 is 1.89 bits per heavy atom. The molecule has 0 radical (unpaired) electrons. The molecule has 1 aliphatic heterocycles. The predicted octanol–water partition coefficient (Wildman–Crippen LogP) is 2.99. The van der Waals surface area contributed by atoms with E-state index in [1.54, 1.807) is 7.11 Å². The maximum Gasteiger partial charge on any atom is 0.433 e. The standard InChI is InChI=1S/C18H21F3N4O2/c1-26-14-4-2-13(3-5-14)15(25-8-10-27-11-9-25)12-23-17-22-7-6-16(24-17)18(19,20)21/h2-7,15H,8-12H2,1H3,(H,22,23,24). The van der Waals surface area contributed by atoms with E-state index in [1.165, 1.54) is 0 Å². The molecule has 0 bridgehead atoms. The highest BCUT2D eigenvalue weighted by atomic mass is 19.4. The van der Waals surface area contributed by atoms with Crippen LogP contribution in [0.5, 0.6) is 5.75 Å². The molecule has 1 aromatic heterocycles. The van der Waals surface area contributed by atoms with Gasteiger partial charge in [-0.2, -0.15) is 13.2 Å². The van der Waals surface area contributed by atoms with Gasteiger partial charge in [0.05, 0.1) is 26.4 Å². The zero-order valence-corrected chi connectivity index (χ0v) is 14.9. The van der Waals surface area contributed by atoms with Gasteiger partial charge in [-0.15, -0.1) is 0 Å². The topological polar surface area (TPSA) is 59.5 Å². The van der Waals surface area contributed by atoms with E-state index >= 15 is 0 Å². The second-order valence-corrected chi connectivity index (χ2v) is 6.08. The Kier molecular flexibility index (Phi) is 6.12. The lowest BCUT2D eigenvalue weighted by molar-refractivity contribution is -0.141. The van der Waals surface area contributed by atoms with Crippen LogP contribution in [0, 0.1) is 0 Å². The highest BCUT2D eigenvalue weighted by Gasteiger charge is 2.33. The Morgan fingerprint density at radius 3 is 2.52 bits per heavy atom. The number of nitrogens with zero attached hydrogens (tertiary/aromatic N) is 3. The first-order valence-corrected chi connectivity index (χ1v) is 8.57. The van der Waals surface area contributed by atoms with E-state index in [9.17, 15) is 13.2 Å². The van der Waals surface area contributed by atoms with E-state index < -0.39 is 11.9 Å². The van der Waals surface area contributed by atoms with Gasteiger partial charge >= 0.3 is 6.18 Å². The van der Waals surface area contributed by atoms with Crippen LogP contribution in [0.1, 0.15) is 17.3 Å². The van der Waals surface area contributed by atoms with Crippen molar-refractivity contribution >= 4 is 5.95 Å². The van der Waals surface area contributed by atoms with Crippen LogP contribution in [-0.4, -0.2) is 54.8 Å². The van der Waals surface area contributed by atoms with E-state index in [-0.39, 0.29) is 12.0 Å². The summed E-state index contributed by atoms with van der Waals surface area (Å²) >= 11 is 0. The van der Waals surface area contributed by atoms with Crippen molar-refractivity contribution in [2.24, 2.45) is 0 Å². The summed E-state index contributed by atoms with van der Waals surface area (Å²) in [6, 6.07) is 8.43. The second kappa shape index (κ2) is 8.53. The van der Waals surface area contributed by atoms with E-state index in [4.69, 9.17) is 9.47 Å². The smallest absolute Gasteiger partial charge is 0.433 e. The molecule has 1 aliphatic rings. The number of aromatic nitrogens is 2. The minimum absolute atomic E-state index is 0.0448. The van der Waals surface area contributed by atoms with Gasteiger partial charge in [0.15, 0.2) is 0 Å². The van der Waals surface area contributed by atoms with Gasteiger partial charge in [-0.3, -0.25) is 4.90 Å². The Labute approximate surface area is 155 Å². The number of hydrogen-bond acceptors (Lipinski definition) is 6. The van der Waals surface area contributed by atoms with Crippen LogP contribution in [0.25, 0.3) is 0 Å². The number of ether oxygens (including phenoxy) is 2. The van der Waals surface area contributed by atoms with Gasteiger partial charge in [-0.1, -0.05) is 12.1 Å². The average Bonchev–Trinajstić information content (AvgIpc) is 2.69. The summed E-state index contributed by atoms with van der Waals surface area (Å²) in [5, 5.41) is 2.95. The molecular formula is C18H21F3N4O2. The highest BCUT2D eigenvalue weighted by molar-refractivity contribution is 5.32. The number of rotatable bonds is 6. The van der Waals surface area contributed by atoms with Crippen LogP contribution in [-0.2, 0) is 10.9 Å². The number of anilines is 1. The van der Waals surface area contributed by atoms with Crippen molar-refractivity contribution in [3.63, 3.8) is 0 Å². The number of methoxy groups -OCH3 is 1. The van der Waals surface area contributed by atoms with Crippen molar-refractivity contribution in [3.05, 3.63) is 47.8 Å². The van der Waals surface area contributed by atoms with Crippen LogP contribution >= 0.6 is 0 Å². The molecule has 1 atom stereocenters. The highest BCUT2D eigenvalue weighted by Crippen LogP contribution is 2.28. The van der Waals surface area contributed by atoms with Crippen molar-refractivity contribution in [1.29, 1.82) is 0 Å². The third kappa shape index (κ3) is 5.08. The van der Waals surface area contributed by atoms with Gasteiger partial charge < -0.3 is 14.8 Å². The Morgan fingerprint density at radius 1 is 1.19 bits per heavy atom. The summed E-state index contributed by atoms with van der Waals surface area (Å²) in [5.74, 6) is 0.699. The summed E-state index contributed by atoms with van der Waals surface area (Å²) in [5.41, 5.74) is 0.0598. The summed E-state index contributed by atoms with van der Waals surface area (Å²) in [6.07, 6.45) is -3.39. The van der Waals surface area contributed by atoms with Crippen molar-refractivity contribution < 1.29 is 22.6 Å². The van der Waals surface area contributed by atoms with Crippen LogP contribution in [0.2, 0.25) is 0 Å². The molecule has 1 saturated heterocycles. The monoisotopic (exact) mass is 382 g/mol. The molecule has 0 amide bonds. The number of nitrogens with one attached hydrogen (secondary N) is 1. The maximum atomic E-state index is 12.8. The summed E-state index contributed by atoms with van der Waals surface area (Å²) in [4.78, 5) is 9.71. The van der Waals surface area contributed by atoms with Crippen LogP contribution in [0.4, 0.5) is 19.1 Å². The third-order valence-corrected chi connectivity index (χ3v) is 4.39. The Hall–Kier alpha value is -2.39. The normalized spacial score (nSPS) is 16.7. The van der Waals surface area contributed by atoms with Gasteiger partial charge in [-0.25, -0.2) is 9.97 Å². The zero-order valence-electron chi connectivity index (χ0n) is 14.9. The second-order valence-electron chi connectivity index (χ2n) is 6.08.